The summed E-state index contributed by atoms with van der Waals surface area (Å²) in [5, 5.41) is 17.9. The van der Waals surface area contributed by atoms with E-state index in [1.807, 2.05) is 0 Å². The van der Waals surface area contributed by atoms with Crippen LogP contribution in [0.5, 0.6) is 17.2 Å². The van der Waals surface area contributed by atoms with Crippen molar-refractivity contribution in [1.29, 1.82) is 0 Å². The van der Waals surface area contributed by atoms with E-state index in [0.717, 1.165) is 0 Å². The zero-order valence-corrected chi connectivity index (χ0v) is 10.0. The van der Waals surface area contributed by atoms with Gasteiger partial charge >= 0.3 is 7.32 Å². The molecule has 0 bridgehead atoms. The first-order valence-electron chi connectivity index (χ1n) is 5.20. The molecule has 0 atom stereocenters. The van der Waals surface area contributed by atoms with Crippen LogP contribution in [0.25, 0.3) is 0 Å². The van der Waals surface area contributed by atoms with Crippen molar-refractivity contribution in [2.45, 2.75) is 0 Å². The third kappa shape index (κ3) is 3.66. The van der Waals surface area contributed by atoms with Gasteiger partial charge in [0.25, 0.3) is 0 Å². The standard InChI is InChI=1S/C12H10BClO4/c14-9-1-3-10(4-2-9)17-11-5-7-12(8-6-11)18-13(15)16/h1-8,15-16H. The second-order valence-corrected chi connectivity index (χ2v) is 3.91. The molecule has 0 saturated carbocycles. The molecule has 0 radical (unpaired) electrons. The predicted octanol–water partition coefficient (Wildman–Crippen LogP) is 2.48. The minimum Gasteiger partial charge on any atom is -0.512 e. The Hall–Kier alpha value is -1.69. The molecule has 4 nitrogen and oxygen atoms in total. The summed E-state index contributed by atoms with van der Waals surface area (Å²) in [5.74, 6) is 1.61. The van der Waals surface area contributed by atoms with Gasteiger partial charge in [0.2, 0.25) is 0 Å². The molecule has 0 unspecified atom stereocenters. The van der Waals surface area contributed by atoms with Gasteiger partial charge in [0.15, 0.2) is 0 Å². The molecule has 0 heterocycles. The molecule has 0 aliphatic carbocycles. The highest BCUT2D eigenvalue weighted by atomic mass is 35.5. The maximum atomic E-state index is 8.63. The van der Waals surface area contributed by atoms with Gasteiger partial charge < -0.3 is 19.4 Å². The molecule has 18 heavy (non-hydrogen) atoms. The summed E-state index contributed by atoms with van der Waals surface area (Å²) in [4.78, 5) is 0. The van der Waals surface area contributed by atoms with Crippen molar-refractivity contribution >= 4 is 18.9 Å². The first-order valence-corrected chi connectivity index (χ1v) is 5.57. The van der Waals surface area contributed by atoms with E-state index in [0.29, 0.717) is 22.3 Å². The highest BCUT2D eigenvalue weighted by Gasteiger charge is 2.10. The number of ether oxygens (including phenoxy) is 1. The lowest BCUT2D eigenvalue weighted by Crippen LogP contribution is -2.20. The Morgan fingerprint density at radius 2 is 1.22 bits per heavy atom. The third-order valence-electron chi connectivity index (χ3n) is 2.11. The second-order valence-electron chi connectivity index (χ2n) is 3.47. The second kappa shape index (κ2) is 5.77. The third-order valence-corrected chi connectivity index (χ3v) is 2.37. The summed E-state index contributed by atoms with van der Waals surface area (Å²) in [7, 11) is -1.83. The van der Waals surface area contributed by atoms with Crippen molar-refractivity contribution in [3.05, 3.63) is 53.6 Å². The molecule has 0 spiro atoms. The van der Waals surface area contributed by atoms with Crippen LogP contribution in [-0.2, 0) is 0 Å². The maximum Gasteiger partial charge on any atom is 0.707 e. The van der Waals surface area contributed by atoms with Crippen LogP contribution in [0.1, 0.15) is 0 Å². The topological polar surface area (TPSA) is 58.9 Å². The van der Waals surface area contributed by atoms with Gasteiger partial charge in [-0.2, -0.15) is 0 Å². The van der Waals surface area contributed by atoms with Crippen molar-refractivity contribution in [2.24, 2.45) is 0 Å². The fraction of sp³-hybridized carbons (Fsp3) is 0. The number of halogens is 1. The van der Waals surface area contributed by atoms with Crippen LogP contribution in [-0.4, -0.2) is 17.4 Å². The molecule has 0 amide bonds. The molecule has 2 rings (SSSR count). The molecule has 0 aromatic heterocycles. The summed E-state index contributed by atoms with van der Waals surface area (Å²) < 4.78 is 10.2. The van der Waals surface area contributed by atoms with E-state index in [1.54, 1.807) is 48.5 Å². The zero-order chi connectivity index (χ0) is 13.0. The van der Waals surface area contributed by atoms with Gasteiger partial charge in [-0.3, -0.25) is 0 Å². The average molecular weight is 264 g/mol. The first kappa shape index (κ1) is 12.8. The summed E-state index contributed by atoms with van der Waals surface area (Å²) >= 11 is 5.76. The fourth-order valence-corrected chi connectivity index (χ4v) is 1.47. The summed E-state index contributed by atoms with van der Waals surface area (Å²) in [6, 6.07) is 13.4. The van der Waals surface area contributed by atoms with Gasteiger partial charge in [0, 0.05) is 5.02 Å². The van der Waals surface area contributed by atoms with Crippen molar-refractivity contribution in [3.8, 4) is 17.2 Å². The molecule has 0 aliphatic rings. The monoisotopic (exact) mass is 264 g/mol. The number of hydrogen-bond acceptors (Lipinski definition) is 4. The van der Waals surface area contributed by atoms with Crippen LogP contribution < -0.4 is 9.39 Å². The Balaban J connectivity index is 2.04. The van der Waals surface area contributed by atoms with Gasteiger partial charge in [-0.05, 0) is 48.5 Å². The minimum atomic E-state index is -1.83. The van der Waals surface area contributed by atoms with E-state index in [2.05, 4.69) is 4.65 Å². The van der Waals surface area contributed by atoms with Gasteiger partial charge in [-0.25, -0.2) is 0 Å². The summed E-state index contributed by atoms with van der Waals surface area (Å²) in [5.41, 5.74) is 0. The molecule has 2 aromatic carbocycles. The van der Waals surface area contributed by atoms with Gasteiger partial charge in [0.1, 0.15) is 17.2 Å². The molecule has 2 aromatic rings. The zero-order valence-electron chi connectivity index (χ0n) is 9.29. The summed E-state index contributed by atoms with van der Waals surface area (Å²) in [6.45, 7) is 0. The first-order chi connectivity index (χ1) is 8.63. The van der Waals surface area contributed by atoms with Gasteiger partial charge in [-0.15, -0.1) is 0 Å². The van der Waals surface area contributed by atoms with E-state index in [1.165, 1.54) is 0 Å². The molecule has 92 valence electrons. The smallest absolute Gasteiger partial charge is 0.512 e. The quantitative estimate of drug-likeness (QED) is 0.833. The lowest BCUT2D eigenvalue weighted by Gasteiger charge is -2.07. The van der Waals surface area contributed by atoms with Crippen molar-refractivity contribution in [1.82, 2.24) is 0 Å². The van der Waals surface area contributed by atoms with Crippen LogP contribution in [0.4, 0.5) is 0 Å². The average Bonchev–Trinajstić information content (AvgIpc) is 2.34. The Labute approximate surface area is 110 Å². The lowest BCUT2D eigenvalue weighted by molar-refractivity contribution is 0.288. The van der Waals surface area contributed by atoms with Crippen LogP contribution >= 0.6 is 11.6 Å². The van der Waals surface area contributed by atoms with Crippen molar-refractivity contribution in [2.75, 3.05) is 0 Å². The van der Waals surface area contributed by atoms with Crippen molar-refractivity contribution in [3.63, 3.8) is 0 Å². The Kier molecular flexibility index (Phi) is 4.09. The van der Waals surface area contributed by atoms with Crippen LogP contribution in [0.15, 0.2) is 48.5 Å². The van der Waals surface area contributed by atoms with Crippen LogP contribution in [0.3, 0.4) is 0 Å². The van der Waals surface area contributed by atoms with Crippen molar-refractivity contribution < 1.29 is 19.4 Å². The number of hydrogen-bond donors (Lipinski definition) is 2. The summed E-state index contributed by atoms with van der Waals surface area (Å²) in [6.07, 6.45) is 0. The highest BCUT2D eigenvalue weighted by molar-refractivity contribution is 6.33. The minimum absolute atomic E-state index is 0.341. The maximum absolute atomic E-state index is 8.63. The number of rotatable bonds is 4. The van der Waals surface area contributed by atoms with E-state index in [4.69, 9.17) is 26.4 Å². The Morgan fingerprint density at radius 1 is 0.778 bits per heavy atom. The largest absolute Gasteiger partial charge is 0.707 e. The molecule has 2 N–H and O–H groups in total. The Morgan fingerprint density at radius 3 is 1.72 bits per heavy atom. The highest BCUT2D eigenvalue weighted by Crippen LogP contribution is 2.24. The lowest BCUT2D eigenvalue weighted by atomic mass is 10.2. The van der Waals surface area contributed by atoms with Gasteiger partial charge in [-0.1, -0.05) is 11.6 Å². The molecular weight excluding hydrogens is 254 g/mol. The predicted molar refractivity (Wildman–Crippen MR) is 68.8 cm³/mol. The van der Waals surface area contributed by atoms with E-state index in [-0.39, 0.29) is 0 Å². The fourth-order valence-electron chi connectivity index (χ4n) is 1.35. The van der Waals surface area contributed by atoms with E-state index >= 15 is 0 Å². The molecule has 0 aliphatic heterocycles. The van der Waals surface area contributed by atoms with E-state index in [9.17, 15) is 0 Å². The van der Waals surface area contributed by atoms with Crippen LogP contribution in [0.2, 0.25) is 5.02 Å². The normalized spacial score (nSPS) is 9.94. The SMILES string of the molecule is OB(O)Oc1ccc(Oc2ccc(Cl)cc2)cc1. The Bertz CT molecular complexity index is 498. The van der Waals surface area contributed by atoms with Crippen LogP contribution in [0, 0.1) is 0 Å². The molecule has 0 fully saturated rings. The molecule has 6 heteroatoms. The molecular formula is C12H10BClO4. The number of benzene rings is 2. The van der Waals surface area contributed by atoms with E-state index < -0.39 is 7.32 Å². The van der Waals surface area contributed by atoms with Gasteiger partial charge in [0.05, 0.1) is 0 Å². The molecule has 0 saturated heterocycles.